The second-order valence-corrected chi connectivity index (χ2v) is 4.86. The van der Waals surface area contributed by atoms with E-state index in [-0.39, 0.29) is 5.75 Å². The van der Waals surface area contributed by atoms with Crippen LogP contribution in [0.1, 0.15) is 0 Å². The van der Waals surface area contributed by atoms with Gasteiger partial charge in [0.05, 0.1) is 8.95 Å². The van der Waals surface area contributed by atoms with Crippen molar-refractivity contribution in [2.24, 2.45) is 7.05 Å². The fourth-order valence-corrected chi connectivity index (χ4v) is 2.52. The number of benzene rings is 1. The van der Waals surface area contributed by atoms with Gasteiger partial charge in [-0.25, -0.2) is 4.98 Å². The zero-order valence-corrected chi connectivity index (χ0v) is 11.1. The van der Waals surface area contributed by atoms with Gasteiger partial charge in [0.1, 0.15) is 11.6 Å². The van der Waals surface area contributed by atoms with E-state index in [4.69, 9.17) is 0 Å². The smallest absolute Gasteiger partial charge is 0.143 e. The number of phenolic OH excluding ortho intramolecular Hbond substituents is 1. The molecule has 15 heavy (non-hydrogen) atoms. The summed E-state index contributed by atoms with van der Waals surface area (Å²) in [7, 11) is 1.93. The lowest BCUT2D eigenvalue weighted by Gasteiger charge is -2.05. The molecule has 0 fully saturated rings. The fourth-order valence-electron chi connectivity index (χ4n) is 1.34. The monoisotopic (exact) mass is 330 g/mol. The number of aromatic hydroxyl groups is 1. The van der Waals surface area contributed by atoms with Crippen LogP contribution in [0.4, 0.5) is 0 Å². The quantitative estimate of drug-likeness (QED) is 0.870. The first-order chi connectivity index (χ1) is 7.09. The molecular weight excluding hydrogens is 324 g/mol. The maximum Gasteiger partial charge on any atom is 0.143 e. The largest absolute Gasteiger partial charge is 0.506 e. The molecule has 0 amide bonds. The summed E-state index contributed by atoms with van der Waals surface area (Å²) in [6.07, 6.45) is 3.62. The molecule has 1 N–H and O–H groups in total. The van der Waals surface area contributed by atoms with Gasteiger partial charge in [-0.15, -0.1) is 0 Å². The first-order valence-electron chi connectivity index (χ1n) is 4.25. The molecule has 0 bridgehead atoms. The van der Waals surface area contributed by atoms with Crippen LogP contribution in [0.5, 0.6) is 5.75 Å². The Morgan fingerprint density at radius 2 is 1.87 bits per heavy atom. The van der Waals surface area contributed by atoms with Crippen molar-refractivity contribution in [3.05, 3.63) is 33.5 Å². The molecule has 0 aliphatic rings. The molecule has 0 radical (unpaired) electrons. The van der Waals surface area contributed by atoms with Gasteiger partial charge in [0.25, 0.3) is 0 Å². The van der Waals surface area contributed by atoms with E-state index < -0.39 is 0 Å². The van der Waals surface area contributed by atoms with E-state index in [9.17, 15) is 5.11 Å². The van der Waals surface area contributed by atoms with Crippen molar-refractivity contribution >= 4 is 31.9 Å². The van der Waals surface area contributed by atoms with Crippen molar-refractivity contribution in [1.82, 2.24) is 9.55 Å². The standard InChI is InChI=1S/C10H8Br2N2O/c1-14-3-2-13-10(14)6-4-7(11)9(15)8(12)5-6/h2-5,15H,1H3. The third kappa shape index (κ3) is 1.94. The molecule has 0 saturated heterocycles. The maximum absolute atomic E-state index is 9.58. The molecule has 2 aromatic rings. The van der Waals surface area contributed by atoms with Crippen molar-refractivity contribution in [2.75, 3.05) is 0 Å². The number of nitrogens with zero attached hydrogens (tertiary/aromatic N) is 2. The highest BCUT2D eigenvalue weighted by molar-refractivity contribution is 9.11. The van der Waals surface area contributed by atoms with Crippen LogP contribution in [0.3, 0.4) is 0 Å². The minimum absolute atomic E-state index is 0.202. The Hall–Kier alpha value is -0.810. The van der Waals surface area contributed by atoms with Crippen molar-refractivity contribution < 1.29 is 5.11 Å². The van der Waals surface area contributed by atoms with E-state index >= 15 is 0 Å². The first kappa shape index (κ1) is 10.7. The zero-order chi connectivity index (χ0) is 11.0. The summed E-state index contributed by atoms with van der Waals surface area (Å²) >= 11 is 6.58. The number of rotatable bonds is 1. The minimum atomic E-state index is 0.202. The van der Waals surface area contributed by atoms with Gasteiger partial charge in [0.2, 0.25) is 0 Å². The van der Waals surface area contributed by atoms with E-state index in [1.54, 1.807) is 6.20 Å². The molecule has 3 nitrogen and oxygen atoms in total. The van der Waals surface area contributed by atoms with Crippen molar-refractivity contribution in [1.29, 1.82) is 0 Å². The highest BCUT2D eigenvalue weighted by Crippen LogP contribution is 2.36. The Labute approximate surface area is 104 Å². The summed E-state index contributed by atoms with van der Waals surface area (Å²) < 4.78 is 3.22. The number of halogens is 2. The molecule has 0 spiro atoms. The summed E-state index contributed by atoms with van der Waals surface area (Å²) in [5, 5.41) is 9.58. The second-order valence-electron chi connectivity index (χ2n) is 3.15. The van der Waals surface area contributed by atoms with Gasteiger partial charge in [0, 0.05) is 25.0 Å². The number of phenols is 1. The Balaban J connectivity index is 2.60. The molecule has 0 unspecified atom stereocenters. The van der Waals surface area contributed by atoms with Crippen LogP contribution < -0.4 is 0 Å². The van der Waals surface area contributed by atoms with E-state index in [1.807, 2.05) is 29.9 Å². The minimum Gasteiger partial charge on any atom is -0.506 e. The molecule has 2 rings (SSSR count). The highest BCUT2D eigenvalue weighted by Gasteiger charge is 2.09. The summed E-state index contributed by atoms with van der Waals surface area (Å²) in [4.78, 5) is 4.24. The molecule has 0 saturated carbocycles. The third-order valence-electron chi connectivity index (χ3n) is 2.10. The Morgan fingerprint density at radius 3 is 2.33 bits per heavy atom. The number of hydrogen-bond donors (Lipinski definition) is 1. The van der Waals surface area contributed by atoms with Gasteiger partial charge >= 0.3 is 0 Å². The highest BCUT2D eigenvalue weighted by atomic mass is 79.9. The molecule has 1 aromatic carbocycles. The molecular formula is C10H8Br2N2O. The maximum atomic E-state index is 9.58. The lowest BCUT2D eigenvalue weighted by atomic mass is 10.2. The zero-order valence-electron chi connectivity index (χ0n) is 7.91. The molecule has 0 aliphatic heterocycles. The predicted molar refractivity (Wildman–Crippen MR) is 65.7 cm³/mol. The van der Waals surface area contributed by atoms with E-state index in [1.165, 1.54) is 0 Å². The molecule has 0 aliphatic carbocycles. The van der Waals surface area contributed by atoms with Crippen LogP contribution in [0.25, 0.3) is 11.4 Å². The van der Waals surface area contributed by atoms with E-state index in [0.29, 0.717) is 8.95 Å². The number of imidazole rings is 1. The van der Waals surface area contributed by atoms with Gasteiger partial charge in [-0.2, -0.15) is 0 Å². The van der Waals surface area contributed by atoms with Crippen LogP contribution in [0.15, 0.2) is 33.5 Å². The average molecular weight is 332 g/mol. The van der Waals surface area contributed by atoms with Crippen LogP contribution in [0, 0.1) is 0 Å². The molecule has 1 aromatic heterocycles. The van der Waals surface area contributed by atoms with Crippen LogP contribution in [0.2, 0.25) is 0 Å². The summed E-state index contributed by atoms with van der Waals surface area (Å²) in [6, 6.07) is 3.67. The van der Waals surface area contributed by atoms with Crippen LogP contribution >= 0.6 is 31.9 Å². The fraction of sp³-hybridized carbons (Fsp3) is 0.100. The lowest BCUT2D eigenvalue weighted by molar-refractivity contribution is 0.468. The molecule has 5 heteroatoms. The lowest BCUT2D eigenvalue weighted by Crippen LogP contribution is -1.91. The van der Waals surface area contributed by atoms with Gasteiger partial charge < -0.3 is 9.67 Å². The van der Waals surface area contributed by atoms with E-state index in [0.717, 1.165) is 11.4 Å². The van der Waals surface area contributed by atoms with Crippen molar-refractivity contribution in [3.8, 4) is 17.1 Å². The summed E-state index contributed by atoms with van der Waals surface area (Å²) in [5.41, 5.74) is 0.944. The van der Waals surface area contributed by atoms with E-state index in [2.05, 4.69) is 36.8 Å². The van der Waals surface area contributed by atoms with Gasteiger partial charge in [-0.05, 0) is 44.0 Å². The topological polar surface area (TPSA) is 38.0 Å². The molecule has 0 atom stereocenters. The first-order valence-corrected chi connectivity index (χ1v) is 5.84. The summed E-state index contributed by atoms with van der Waals surface area (Å²) in [6.45, 7) is 0. The van der Waals surface area contributed by atoms with Crippen LogP contribution in [-0.2, 0) is 7.05 Å². The second kappa shape index (κ2) is 3.98. The Bertz CT molecular complexity index is 485. The number of hydrogen-bond acceptors (Lipinski definition) is 2. The van der Waals surface area contributed by atoms with Gasteiger partial charge in [-0.1, -0.05) is 0 Å². The van der Waals surface area contributed by atoms with Gasteiger partial charge in [0.15, 0.2) is 0 Å². The average Bonchev–Trinajstić information content (AvgIpc) is 2.60. The van der Waals surface area contributed by atoms with Gasteiger partial charge in [-0.3, -0.25) is 0 Å². The Kier molecular flexibility index (Phi) is 2.84. The number of aryl methyl sites for hydroxylation is 1. The SMILES string of the molecule is Cn1ccnc1-c1cc(Br)c(O)c(Br)c1. The molecule has 78 valence electrons. The molecule has 1 heterocycles. The predicted octanol–water partition coefficient (Wildman–Crippen LogP) is 3.32. The number of aromatic nitrogens is 2. The normalized spacial score (nSPS) is 10.6. The summed E-state index contributed by atoms with van der Waals surface area (Å²) in [5.74, 6) is 1.06. The Morgan fingerprint density at radius 1 is 1.27 bits per heavy atom. The van der Waals surface area contributed by atoms with Crippen LogP contribution in [-0.4, -0.2) is 14.7 Å². The third-order valence-corrected chi connectivity index (χ3v) is 3.31. The van der Waals surface area contributed by atoms with Crippen molar-refractivity contribution in [3.63, 3.8) is 0 Å². The van der Waals surface area contributed by atoms with Crippen molar-refractivity contribution in [2.45, 2.75) is 0 Å².